The molecule has 0 aromatic carbocycles. The van der Waals surface area contributed by atoms with Crippen molar-refractivity contribution in [1.82, 2.24) is 5.32 Å². The van der Waals surface area contributed by atoms with Crippen molar-refractivity contribution in [3.63, 3.8) is 0 Å². The Balaban J connectivity index is 2.79. The maximum Gasteiger partial charge on any atom is 0.0998 e. The second kappa shape index (κ2) is 4.70. The highest BCUT2D eigenvalue weighted by Crippen LogP contribution is 2.19. The minimum Gasteiger partial charge on any atom is -0.376 e. The molecule has 0 aliphatic carbocycles. The van der Waals surface area contributed by atoms with Gasteiger partial charge in [0, 0.05) is 0 Å². The first-order valence-corrected chi connectivity index (χ1v) is 5.44. The minimum absolute atomic E-state index is 0.448. The van der Waals surface area contributed by atoms with E-state index in [9.17, 15) is 0 Å². The summed E-state index contributed by atoms with van der Waals surface area (Å²) in [6.07, 6.45) is 9.62. The van der Waals surface area contributed by atoms with E-state index < -0.39 is 0 Å². The second-order valence-electron chi connectivity index (χ2n) is 2.81. The summed E-state index contributed by atoms with van der Waals surface area (Å²) in [5, 5.41) is 3.25. The lowest BCUT2D eigenvalue weighted by atomic mass is 10.1. The van der Waals surface area contributed by atoms with Crippen LogP contribution in [-0.2, 0) is 0 Å². The smallest absolute Gasteiger partial charge is 0.0998 e. The summed E-state index contributed by atoms with van der Waals surface area (Å²) < 4.78 is 0.448. The van der Waals surface area contributed by atoms with E-state index >= 15 is 0 Å². The second-order valence-corrected chi connectivity index (χ2v) is 4.06. The Morgan fingerprint density at radius 3 is 3.08 bits per heavy atom. The molecule has 12 heavy (non-hydrogen) atoms. The first-order valence-electron chi connectivity index (χ1n) is 4.19. The third-order valence-electron chi connectivity index (χ3n) is 1.87. The van der Waals surface area contributed by atoms with Gasteiger partial charge in [0.15, 0.2) is 0 Å². The van der Waals surface area contributed by atoms with Gasteiger partial charge in [-0.25, -0.2) is 0 Å². The summed E-state index contributed by atoms with van der Waals surface area (Å²) in [7, 11) is 0. The van der Waals surface area contributed by atoms with Crippen molar-refractivity contribution in [2.45, 2.75) is 24.3 Å². The van der Waals surface area contributed by atoms with Crippen LogP contribution in [0.25, 0.3) is 0 Å². The quantitative estimate of drug-likeness (QED) is 0.464. The van der Waals surface area contributed by atoms with Crippen LogP contribution in [0, 0.1) is 0 Å². The standard InChI is InChI=1S/C10H14IN/c1-3-4-5-9-6-7-12-10(11)8(9)2/h4-7,10,12H,3H2,1-2H3/b5-4-. The largest absolute Gasteiger partial charge is 0.376 e. The number of rotatable bonds is 2. The number of hydrogen-bond acceptors (Lipinski definition) is 1. The van der Waals surface area contributed by atoms with Gasteiger partial charge in [0.25, 0.3) is 0 Å². The van der Waals surface area contributed by atoms with E-state index in [4.69, 9.17) is 0 Å². The molecule has 0 radical (unpaired) electrons. The molecule has 0 bridgehead atoms. The molecule has 0 fully saturated rings. The fraction of sp³-hybridized carbons (Fsp3) is 0.400. The first kappa shape index (κ1) is 9.84. The van der Waals surface area contributed by atoms with E-state index in [1.54, 1.807) is 0 Å². The highest BCUT2D eigenvalue weighted by molar-refractivity contribution is 14.1. The van der Waals surface area contributed by atoms with Crippen molar-refractivity contribution in [3.05, 3.63) is 35.6 Å². The monoisotopic (exact) mass is 275 g/mol. The van der Waals surface area contributed by atoms with Crippen LogP contribution in [-0.4, -0.2) is 4.05 Å². The molecule has 0 amide bonds. The van der Waals surface area contributed by atoms with E-state index in [1.165, 1.54) is 11.1 Å². The van der Waals surface area contributed by atoms with Gasteiger partial charge in [-0.1, -0.05) is 41.7 Å². The van der Waals surface area contributed by atoms with Crippen LogP contribution < -0.4 is 5.32 Å². The third-order valence-corrected chi connectivity index (χ3v) is 3.17. The molecule has 2 heteroatoms. The van der Waals surface area contributed by atoms with Gasteiger partial charge in [-0.05, 0) is 36.8 Å². The van der Waals surface area contributed by atoms with Crippen LogP contribution in [0.15, 0.2) is 35.6 Å². The van der Waals surface area contributed by atoms with Gasteiger partial charge < -0.3 is 5.32 Å². The maximum absolute atomic E-state index is 3.25. The van der Waals surface area contributed by atoms with Gasteiger partial charge in [0.05, 0.1) is 4.05 Å². The molecule has 1 atom stereocenters. The normalized spacial score (nSPS) is 23.4. The van der Waals surface area contributed by atoms with Crippen molar-refractivity contribution < 1.29 is 0 Å². The van der Waals surface area contributed by atoms with Crippen LogP contribution in [0.3, 0.4) is 0 Å². The average Bonchev–Trinajstić information content (AvgIpc) is 2.08. The highest BCUT2D eigenvalue weighted by atomic mass is 127. The van der Waals surface area contributed by atoms with Crippen molar-refractivity contribution in [2.75, 3.05) is 0 Å². The van der Waals surface area contributed by atoms with E-state index in [-0.39, 0.29) is 0 Å². The zero-order chi connectivity index (χ0) is 8.97. The molecule has 1 nitrogen and oxygen atoms in total. The van der Waals surface area contributed by atoms with Crippen molar-refractivity contribution >= 4 is 22.6 Å². The van der Waals surface area contributed by atoms with Crippen LogP contribution in [0.1, 0.15) is 20.3 Å². The van der Waals surface area contributed by atoms with Gasteiger partial charge in [0.1, 0.15) is 0 Å². The summed E-state index contributed by atoms with van der Waals surface area (Å²) >= 11 is 2.40. The predicted molar refractivity (Wildman–Crippen MR) is 62.2 cm³/mol. The third kappa shape index (κ3) is 2.37. The molecule has 0 aromatic heterocycles. The Hall–Kier alpha value is -0.250. The number of allylic oxidation sites excluding steroid dienone is 4. The zero-order valence-electron chi connectivity index (χ0n) is 7.47. The molecule has 1 aliphatic rings. The van der Waals surface area contributed by atoms with Crippen LogP contribution in [0.2, 0.25) is 0 Å². The summed E-state index contributed by atoms with van der Waals surface area (Å²) in [6.45, 7) is 4.32. The number of alkyl halides is 1. The Bertz CT molecular complexity index is 238. The van der Waals surface area contributed by atoms with Gasteiger partial charge in [-0.3, -0.25) is 0 Å². The lowest BCUT2D eigenvalue weighted by Crippen LogP contribution is -2.21. The van der Waals surface area contributed by atoms with Crippen LogP contribution >= 0.6 is 22.6 Å². The Kier molecular flexibility index (Phi) is 3.85. The van der Waals surface area contributed by atoms with Gasteiger partial charge in [-0.15, -0.1) is 0 Å². The Morgan fingerprint density at radius 1 is 1.67 bits per heavy atom. The fourth-order valence-electron chi connectivity index (χ4n) is 1.06. The van der Waals surface area contributed by atoms with Crippen LogP contribution in [0.5, 0.6) is 0 Å². The molecular weight excluding hydrogens is 261 g/mol. The number of dihydropyridines is 1. The minimum atomic E-state index is 0.448. The summed E-state index contributed by atoms with van der Waals surface area (Å²) in [5.41, 5.74) is 2.75. The zero-order valence-corrected chi connectivity index (χ0v) is 9.63. The van der Waals surface area contributed by atoms with Gasteiger partial charge >= 0.3 is 0 Å². The molecule has 0 saturated carbocycles. The fourth-order valence-corrected chi connectivity index (χ4v) is 1.62. The molecule has 1 heterocycles. The lowest BCUT2D eigenvalue weighted by Gasteiger charge is -2.17. The molecule has 0 aromatic rings. The Morgan fingerprint density at radius 2 is 2.42 bits per heavy atom. The Labute approximate surface area is 87.8 Å². The molecule has 1 aliphatic heterocycles. The molecule has 0 saturated heterocycles. The van der Waals surface area contributed by atoms with Crippen molar-refractivity contribution in [1.29, 1.82) is 0 Å². The van der Waals surface area contributed by atoms with E-state index in [0.717, 1.165) is 6.42 Å². The molecule has 1 N–H and O–H groups in total. The van der Waals surface area contributed by atoms with E-state index in [0.29, 0.717) is 4.05 Å². The van der Waals surface area contributed by atoms with Crippen LogP contribution in [0.4, 0.5) is 0 Å². The highest BCUT2D eigenvalue weighted by Gasteiger charge is 2.09. The van der Waals surface area contributed by atoms with E-state index in [2.05, 4.69) is 60.0 Å². The summed E-state index contributed by atoms with van der Waals surface area (Å²) in [4.78, 5) is 0. The lowest BCUT2D eigenvalue weighted by molar-refractivity contribution is 0.881. The average molecular weight is 275 g/mol. The molecule has 1 unspecified atom stereocenters. The van der Waals surface area contributed by atoms with Crippen molar-refractivity contribution in [3.8, 4) is 0 Å². The predicted octanol–water partition coefficient (Wildman–Crippen LogP) is 3.15. The SMILES string of the molecule is CC/C=C\C1=C(C)C(I)NC=C1. The molecule has 66 valence electrons. The molecule has 1 rings (SSSR count). The summed E-state index contributed by atoms with van der Waals surface area (Å²) in [6, 6.07) is 0. The number of nitrogens with one attached hydrogen (secondary N) is 1. The molecular formula is C10H14IN. The molecule has 0 spiro atoms. The van der Waals surface area contributed by atoms with E-state index in [1.807, 2.05) is 6.20 Å². The first-order chi connectivity index (χ1) is 5.75. The summed E-state index contributed by atoms with van der Waals surface area (Å²) in [5.74, 6) is 0. The topological polar surface area (TPSA) is 12.0 Å². The number of halogens is 1. The van der Waals surface area contributed by atoms with Gasteiger partial charge in [0.2, 0.25) is 0 Å². The van der Waals surface area contributed by atoms with Gasteiger partial charge in [-0.2, -0.15) is 0 Å². The maximum atomic E-state index is 3.25. The van der Waals surface area contributed by atoms with Crippen molar-refractivity contribution in [2.24, 2.45) is 0 Å². The number of hydrogen-bond donors (Lipinski definition) is 1.